The fourth-order valence-corrected chi connectivity index (χ4v) is 2.28. The van der Waals surface area contributed by atoms with Gasteiger partial charge in [-0.25, -0.2) is 4.39 Å². The largest absolute Gasteiger partial charge is 0.393 e. The molecule has 2 amide bonds. The summed E-state index contributed by atoms with van der Waals surface area (Å²) in [5.41, 5.74) is 0.354. The van der Waals surface area contributed by atoms with E-state index in [1.54, 1.807) is 0 Å². The van der Waals surface area contributed by atoms with Crippen molar-refractivity contribution in [1.82, 2.24) is 5.32 Å². The van der Waals surface area contributed by atoms with Crippen molar-refractivity contribution in [3.63, 3.8) is 0 Å². The highest BCUT2D eigenvalue weighted by Crippen LogP contribution is 2.24. The number of hydrogen-bond acceptors (Lipinski definition) is 3. The third kappa shape index (κ3) is 3.77. The number of aliphatic hydroxyl groups excluding tert-OH is 1. The van der Waals surface area contributed by atoms with Gasteiger partial charge in [-0.05, 0) is 37.1 Å². The van der Waals surface area contributed by atoms with E-state index in [-0.39, 0.29) is 12.5 Å². The predicted octanol–water partition coefficient (Wildman–Crippen LogP) is 1.04. The van der Waals surface area contributed by atoms with Gasteiger partial charge in [0.25, 0.3) is 0 Å². The summed E-state index contributed by atoms with van der Waals surface area (Å²) < 4.78 is 12.7. The minimum Gasteiger partial charge on any atom is -0.393 e. The van der Waals surface area contributed by atoms with Gasteiger partial charge in [0.2, 0.25) is 0 Å². The van der Waals surface area contributed by atoms with Gasteiger partial charge in [0.15, 0.2) is 0 Å². The van der Waals surface area contributed by atoms with Crippen molar-refractivity contribution >= 4 is 17.5 Å². The summed E-state index contributed by atoms with van der Waals surface area (Å²) in [5, 5.41) is 14.5. The van der Waals surface area contributed by atoms with E-state index in [9.17, 15) is 19.1 Å². The number of aliphatic hydroxyl groups is 1. The molecular weight excluding hydrogens is 263 g/mol. The van der Waals surface area contributed by atoms with E-state index in [1.807, 2.05) is 0 Å². The van der Waals surface area contributed by atoms with Gasteiger partial charge in [-0.3, -0.25) is 9.59 Å². The summed E-state index contributed by atoms with van der Waals surface area (Å²) in [6.07, 6.45) is 2.11. The summed E-state index contributed by atoms with van der Waals surface area (Å²) in [7, 11) is 0. The Bertz CT molecular complexity index is 490. The molecular formula is C14H17FN2O3. The predicted molar refractivity (Wildman–Crippen MR) is 71.4 cm³/mol. The Hall–Kier alpha value is -1.95. The number of anilines is 1. The minimum absolute atomic E-state index is 0.0116. The lowest BCUT2D eigenvalue weighted by Crippen LogP contribution is -2.39. The second kappa shape index (κ2) is 6.47. The molecule has 5 nitrogen and oxygen atoms in total. The molecule has 0 bridgehead atoms. The van der Waals surface area contributed by atoms with Crippen molar-refractivity contribution in [3.8, 4) is 0 Å². The van der Waals surface area contributed by atoms with E-state index in [4.69, 9.17) is 0 Å². The zero-order valence-corrected chi connectivity index (χ0v) is 10.9. The minimum atomic E-state index is -0.802. The number of amides is 2. The second-order valence-corrected chi connectivity index (χ2v) is 4.93. The molecule has 0 saturated heterocycles. The molecule has 0 heterocycles. The van der Waals surface area contributed by atoms with Gasteiger partial charge < -0.3 is 15.7 Å². The van der Waals surface area contributed by atoms with Gasteiger partial charge in [0.05, 0.1) is 6.10 Å². The molecule has 0 spiro atoms. The van der Waals surface area contributed by atoms with Gasteiger partial charge in [-0.15, -0.1) is 0 Å². The van der Waals surface area contributed by atoms with Crippen LogP contribution in [0.1, 0.15) is 19.3 Å². The number of nitrogens with one attached hydrogen (secondary N) is 2. The van der Waals surface area contributed by atoms with Crippen molar-refractivity contribution < 1.29 is 19.1 Å². The van der Waals surface area contributed by atoms with E-state index in [0.29, 0.717) is 5.69 Å². The molecule has 2 unspecified atom stereocenters. The maximum absolute atomic E-state index is 12.7. The van der Waals surface area contributed by atoms with E-state index < -0.39 is 23.7 Å². The van der Waals surface area contributed by atoms with Crippen LogP contribution in [0.25, 0.3) is 0 Å². The van der Waals surface area contributed by atoms with Crippen LogP contribution >= 0.6 is 0 Å². The van der Waals surface area contributed by atoms with E-state index in [1.165, 1.54) is 24.3 Å². The Labute approximate surface area is 116 Å². The molecule has 1 aromatic rings. The number of carbonyl (C=O) groups is 2. The highest BCUT2D eigenvalue weighted by molar-refractivity contribution is 6.39. The lowest BCUT2D eigenvalue weighted by atomic mass is 10.1. The molecule has 1 saturated carbocycles. The smallest absolute Gasteiger partial charge is 0.313 e. The van der Waals surface area contributed by atoms with Crippen LogP contribution in [0.2, 0.25) is 0 Å². The van der Waals surface area contributed by atoms with E-state index in [2.05, 4.69) is 10.6 Å². The zero-order valence-electron chi connectivity index (χ0n) is 10.9. The summed E-state index contributed by atoms with van der Waals surface area (Å²) in [4.78, 5) is 23.2. The normalized spacial score (nSPS) is 21.5. The average Bonchev–Trinajstić information content (AvgIpc) is 2.84. The van der Waals surface area contributed by atoms with Crippen molar-refractivity contribution in [2.45, 2.75) is 25.4 Å². The second-order valence-electron chi connectivity index (χ2n) is 4.93. The molecule has 0 radical (unpaired) electrons. The standard InChI is InChI=1S/C14H17FN2O3/c15-10-4-6-11(7-5-10)17-14(20)13(19)16-8-9-2-1-3-12(9)18/h4-7,9,12,18H,1-3,8H2,(H,16,19)(H,17,20). The first-order valence-corrected chi connectivity index (χ1v) is 6.59. The average molecular weight is 280 g/mol. The molecule has 1 aromatic carbocycles. The Morgan fingerprint density at radius 3 is 2.50 bits per heavy atom. The molecule has 20 heavy (non-hydrogen) atoms. The number of carbonyl (C=O) groups excluding carboxylic acids is 2. The van der Waals surface area contributed by atoms with E-state index in [0.717, 1.165) is 19.3 Å². The Kier molecular flexibility index (Phi) is 4.68. The molecule has 0 aromatic heterocycles. The Balaban J connectivity index is 1.80. The molecule has 0 aliphatic heterocycles. The molecule has 6 heteroatoms. The van der Waals surface area contributed by atoms with Gasteiger partial charge >= 0.3 is 11.8 Å². The van der Waals surface area contributed by atoms with Crippen LogP contribution in [0.3, 0.4) is 0 Å². The molecule has 1 fully saturated rings. The third-order valence-electron chi connectivity index (χ3n) is 3.45. The van der Waals surface area contributed by atoms with Crippen LogP contribution in [-0.2, 0) is 9.59 Å². The van der Waals surface area contributed by atoms with Gasteiger partial charge in [0.1, 0.15) is 5.82 Å². The fraction of sp³-hybridized carbons (Fsp3) is 0.429. The topological polar surface area (TPSA) is 78.4 Å². The summed E-state index contributed by atoms with van der Waals surface area (Å²) in [6, 6.07) is 5.15. The molecule has 1 aliphatic rings. The Morgan fingerprint density at radius 1 is 1.20 bits per heavy atom. The van der Waals surface area contributed by atoms with Crippen LogP contribution in [0.15, 0.2) is 24.3 Å². The molecule has 2 rings (SSSR count). The maximum Gasteiger partial charge on any atom is 0.313 e. The van der Waals surface area contributed by atoms with E-state index >= 15 is 0 Å². The zero-order chi connectivity index (χ0) is 14.5. The lowest BCUT2D eigenvalue weighted by Gasteiger charge is -2.14. The van der Waals surface area contributed by atoms with Crippen molar-refractivity contribution in [3.05, 3.63) is 30.1 Å². The lowest BCUT2D eigenvalue weighted by molar-refractivity contribution is -0.136. The molecule has 2 atom stereocenters. The summed E-state index contributed by atoms with van der Waals surface area (Å²) in [6.45, 7) is 0.289. The highest BCUT2D eigenvalue weighted by Gasteiger charge is 2.26. The molecule has 3 N–H and O–H groups in total. The van der Waals surface area contributed by atoms with Crippen LogP contribution in [0, 0.1) is 11.7 Å². The van der Waals surface area contributed by atoms with Gasteiger partial charge in [-0.1, -0.05) is 6.42 Å². The molecule has 108 valence electrons. The van der Waals surface area contributed by atoms with Gasteiger partial charge in [-0.2, -0.15) is 0 Å². The number of rotatable bonds is 3. The van der Waals surface area contributed by atoms with Crippen molar-refractivity contribution in [2.24, 2.45) is 5.92 Å². The first-order valence-electron chi connectivity index (χ1n) is 6.59. The number of halogens is 1. The van der Waals surface area contributed by atoms with Gasteiger partial charge in [0, 0.05) is 18.2 Å². The SMILES string of the molecule is O=C(NCC1CCCC1O)C(=O)Nc1ccc(F)cc1. The number of benzene rings is 1. The maximum atomic E-state index is 12.7. The third-order valence-corrected chi connectivity index (χ3v) is 3.45. The monoisotopic (exact) mass is 280 g/mol. The molecule has 1 aliphatic carbocycles. The summed E-state index contributed by atoms with van der Waals surface area (Å²) in [5.74, 6) is -1.96. The first-order chi connectivity index (χ1) is 9.56. The van der Waals surface area contributed by atoms with Crippen LogP contribution in [0.5, 0.6) is 0 Å². The fourth-order valence-electron chi connectivity index (χ4n) is 2.28. The quantitative estimate of drug-likeness (QED) is 0.724. The summed E-state index contributed by atoms with van der Waals surface area (Å²) >= 11 is 0. The van der Waals surface area contributed by atoms with Crippen LogP contribution in [-0.4, -0.2) is 29.6 Å². The first kappa shape index (κ1) is 14.5. The Morgan fingerprint density at radius 2 is 1.90 bits per heavy atom. The van der Waals surface area contributed by atoms with Crippen LogP contribution < -0.4 is 10.6 Å². The van der Waals surface area contributed by atoms with Crippen molar-refractivity contribution in [1.29, 1.82) is 0 Å². The van der Waals surface area contributed by atoms with Crippen LogP contribution in [0.4, 0.5) is 10.1 Å². The van der Waals surface area contributed by atoms with Crippen molar-refractivity contribution in [2.75, 3.05) is 11.9 Å². The highest BCUT2D eigenvalue weighted by atomic mass is 19.1. The number of hydrogen-bond donors (Lipinski definition) is 3.